The number of aromatic nitrogens is 1. The molecule has 0 saturated carbocycles. The van der Waals surface area contributed by atoms with Crippen LogP contribution in [0.2, 0.25) is 0 Å². The van der Waals surface area contributed by atoms with E-state index in [2.05, 4.69) is 11.9 Å². The molecule has 22 heavy (non-hydrogen) atoms. The summed E-state index contributed by atoms with van der Waals surface area (Å²) in [6, 6.07) is 5.96. The molecular weight excluding hydrogens is 272 g/mol. The first kappa shape index (κ1) is 16.8. The summed E-state index contributed by atoms with van der Waals surface area (Å²) in [4.78, 5) is 15.6. The number of carbonyl (C=O) groups is 1. The summed E-state index contributed by atoms with van der Waals surface area (Å²) in [6.45, 7) is 2.85. The quantitative estimate of drug-likeness (QED) is 0.497. The summed E-state index contributed by atoms with van der Waals surface area (Å²) in [5, 5.41) is 1.14. The van der Waals surface area contributed by atoms with Gasteiger partial charge in [0.15, 0.2) is 5.78 Å². The van der Waals surface area contributed by atoms with Crippen molar-refractivity contribution in [2.75, 3.05) is 6.54 Å². The second-order valence-corrected chi connectivity index (χ2v) is 6.05. The van der Waals surface area contributed by atoms with Crippen LogP contribution >= 0.6 is 0 Å². The average Bonchev–Trinajstić information content (AvgIpc) is 2.93. The fourth-order valence-corrected chi connectivity index (χ4v) is 2.92. The molecule has 1 aromatic heterocycles. The van der Waals surface area contributed by atoms with E-state index in [-0.39, 0.29) is 5.78 Å². The van der Waals surface area contributed by atoms with Crippen LogP contribution in [0, 0.1) is 0 Å². The molecule has 0 fully saturated rings. The highest BCUT2D eigenvalue weighted by molar-refractivity contribution is 6.00. The van der Waals surface area contributed by atoms with Gasteiger partial charge in [0.2, 0.25) is 0 Å². The molecule has 3 nitrogen and oxygen atoms in total. The second-order valence-electron chi connectivity index (χ2n) is 6.05. The molecule has 0 unspecified atom stereocenters. The topological polar surface area (TPSA) is 58.9 Å². The summed E-state index contributed by atoms with van der Waals surface area (Å²) in [5.74, 6) is 0.261. The summed E-state index contributed by atoms with van der Waals surface area (Å²) in [6.07, 6.45) is 10.8. The van der Waals surface area contributed by atoms with Crippen LogP contribution < -0.4 is 5.73 Å². The molecule has 0 bridgehead atoms. The Bertz CT molecular complexity index is 601. The van der Waals surface area contributed by atoms with Gasteiger partial charge in [-0.15, -0.1) is 0 Å². The lowest BCUT2D eigenvalue weighted by atomic mass is 10.0. The van der Waals surface area contributed by atoms with Crippen LogP contribution in [0.3, 0.4) is 0 Å². The summed E-state index contributed by atoms with van der Waals surface area (Å²) < 4.78 is 0. The Kier molecular flexibility index (Phi) is 6.66. The van der Waals surface area contributed by atoms with Crippen LogP contribution in [0.5, 0.6) is 0 Å². The maximum atomic E-state index is 12.3. The van der Waals surface area contributed by atoms with Crippen LogP contribution in [0.25, 0.3) is 10.9 Å². The Morgan fingerprint density at radius 3 is 2.68 bits per heavy atom. The standard InChI is InChI=1S/C19H28N2O/c1-2-3-4-5-6-7-8-19(22)15-9-10-18-17(13-15)16(11-12-20)14-21-18/h9-10,13-14,21H,2-8,11-12,20H2,1H3. The number of fused-ring (bicyclic) bond motifs is 1. The molecule has 2 rings (SSSR count). The minimum Gasteiger partial charge on any atom is -0.361 e. The lowest BCUT2D eigenvalue weighted by Gasteiger charge is -2.03. The molecule has 0 saturated heterocycles. The van der Waals surface area contributed by atoms with E-state index >= 15 is 0 Å². The number of nitrogens with two attached hydrogens (primary N) is 1. The van der Waals surface area contributed by atoms with Crippen LogP contribution in [0.4, 0.5) is 0 Å². The smallest absolute Gasteiger partial charge is 0.162 e. The number of hydrogen-bond donors (Lipinski definition) is 2. The number of aromatic amines is 1. The van der Waals surface area contributed by atoms with Crippen molar-refractivity contribution >= 4 is 16.7 Å². The number of unbranched alkanes of at least 4 members (excludes halogenated alkanes) is 5. The molecule has 0 atom stereocenters. The zero-order valence-electron chi connectivity index (χ0n) is 13.7. The van der Waals surface area contributed by atoms with Crippen LogP contribution in [0.15, 0.2) is 24.4 Å². The molecule has 120 valence electrons. The van der Waals surface area contributed by atoms with Gasteiger partial charge in [0, 0.05) is 29.1 Å². The van der Waals surface area contributed by atoms with Crippen LogP contribution in [-0.2, 0) is 6.42 Å². The molecule has 0 aliphatic carbocycles. The van der Waals surface area contributed by atoms with Gasteiger partial charge in [0.1, 0.15) is 0 Å². The molecule has 0 amide bonds. The highest BCUT2D eigenvalue weighted by atomic mass is 16.1. The first-order valence-electron chi connectivity index (χ1n) is 8.59. The van der Waals surface area contributed by atoms with E-state index in [9.17, 15) is 4.79 Å². The van der Waals surface area contributed by atoms with Crippen molar-refractivity contribution in [3.8, 4) is 0 Å². The van der Waals surface area contributed by atoms with E-state index in [0.29, 0.717) is 13.0 Å². The molecular formula is C19H28N2O. The molecule has 1 aromatic carbocycles. The van der Waals surface area contributed by atoms with Gasteiger partial charge in [-0.25, -0.2) is 0 Å². The number of carbonyl (C=O) groups excluding carboxylic acids is 1. The van der Waals surface area contributed by atoms with Crippen LogP contribution in [-0.4, -0.2) is 17.3 Å². The van der Waals surface area contributed by atoms with Gasteiger partial charge in [-0.05, 0) is 43.1 Å². The van der Waals surface area contributed by atoms with E-state index in [0.717, 1.165) is 35.7 Å². The average molecular weight is 300 g/mol. The zero-order chi connectivity index (χ0) is 15.8. The predicted molar refractivity (Wildman–Crippen MR) is 93.4 cm³/mol. The first-order chi connectivity index (χ1) is 10.8. The molecule has 0 aliphatic heterocycles. The van der Waals surface area contributed by atoms with Gasteiger partial charge in [0.25, 0.3) is 0 Å². The van der Waals surface area contributed by atoms with E-state index in [1.54, 1.807) is 0 Å². The third kappa shape index (κ3) is 4.44. The maximum Gasteiger partial charge on any atom is 0.162 e. The van der Waals surface area contributed by atoms with Gasteiger partial charge >= 0.3 is 0 Å². The van der Waals surface area contributed by atoms with E-state index < -0.39 is 0 Å². The van der Waals surface area contributed by atoms with E-state index in [1.165, 1.54) is 31.2 Å². The lowest BCUT2D eigenvalue weighted by Crippen LogP contribution is -2.02. The molecule has 1 heterocycles. The van der Waals surface area contributed by atoms with Gasteiger partial charge in [-0.3, -0.25) is 4.79 Å². The van der Waals surface area contributed by atoms with Crippen LogP contribution in [0.1, 0.15) is 67.8 Å². The molecule has 0 radical (unpaired) electrons. The largest absolute Gasteiger partial charge is 0.361 e. The van der Waals surface area contributed by atoms with Crippen molar-refractivity contribution in [2.24, 2.45) is 5.73 Å². The number of nitrogens with one attached hydrogen (secondary N) is 1. The Hall–Kier alpha value is -1.61. The Balaban J connectivity index is 1.92. The van der Waals surface area contributed by atoms with Crippen molar-refractivity contribution in [1.29, 1.82) is 0 Å². The second kappa shape index (κ2) is 8.74. The fraction of sp³-hybridized carbons (Fsp3) is 0.526. The molecule has 0 spiro atoms. The Morgan fingerprint density at radius 2 is 1.91 bits per heavy atom. The molecule has 0 aliphatic rings. The minimum absolute atomic E-state index is 0.261. The number of H-pyrrole nitrogens is 1. The number of Topliss-reactive ketones (excluding diaryl/α,β-unsaturated/α-hetero) is 1. The highest BCUT2D eigenvalue weighted by Gasteiger charge is 2.09. The first-order valence-corrected chi connectivity index (χ1v) is 8.59. The number of rotatable bonds is 10. The molecule has 3 heteroatoms. The normalized spacial score (nSPS) is 11.2. The maximum absolute atomic E-state index is 12.3. The van der Waals surface area contributed by atoms with E-state index in [1.807, 2.05) is 24.4 Å². The third-order valence-electron chi connectivity index (χ3n) is 4.26. The van der Waals surface area contributed by atoms with Crippen molar-refractivity contribution in [3.63, 3.8) is 0 Å². The lowest BCUT2D eigenvalue weighted by molar-refractivity contribution is 0.0979. The third-order valence-corrected chi connectivity index (χ3v) is 4.26. The van der Waals surface area contributed by atoms with Gasteiger partial charge < -0.3 is 10.7 Å². The summed E-state index contributed by atoms with van der Waals surface area (Å²) >= 11 is 0. The number of ketones is 1. The van der Waals surface area contributed by atoms with E-state index in [4.69, 9.17) is 5.73 Å². The van der Waals surface area contributed by atoms with Crippen molar-refractivity contribution in [3.05, 3.63) is 35.5 Å². The number of hydrogen-bond acceptors (Lipinski definition) is 2. The molecule has 3 N–H and O–H groups in total. The van der Waals surface area contributed by atoms with Gasteiger partial charge in [-0.2, -0.15) is 0 Å². The Labute approximate surface area is 133 Å². The van der Waals surface area contributed by atoms with Gasteiger partial charge in [0.05, 0.1) is 0 Å². The Morgan fingerprint density at radius 1 is 1.14 bits per heavy atom. The predicted octanol–water partition coefficient (Wildman–Crippen LogP) is 4.60. The van der Waals surface area contributed by atoms with Crippen molar-refractivity contribution in [2.45, 2.75) is 58.3 Å². The fourth-order valence-electron chi connectivity index (χ4n) is 2.92. The molecule has 2 aromatic rings. The minimum atomic E-state index is 0.261. The number of benzene rings is 1. The summed E-state index contributed by atoms with van der Waals surface area (Å²) in [5.41, 5.74) is 8.76. The van der Waals surface area contributed by atoms with Crippen molar-refractivity contribution in [1.82, 2.24) is 4.98 Å². The zero-order valence-corrected chi connectivity index (χ0v) is 13.7. The van der Waals surface area contributed by atoms with Crippen molar-refractivity contribution < 1.29 is 4.79 Å². The monoisotopic (exact) mass is 300 g/mol. The van der Waals surface area contributed by atoms with Gasteiger partial charge in [-0.1, -0.05) is 39.0 Å². The highest BCUT2D eigenvalue weighted by Crippen LogP contribution is 2.21. The summed E-state index contributed by atoms with van der Waals surface area (Å²) in [7, 11) is 0. The SMILES string of the molecule is CCCCCCCCC(=O)c1ccc2[nH]cc(CCN)c2c1.